The number of aromatic nitrogens is 2. The molecule has 2 aromatic heterocycles. The zero-order chi connectivity index (χ0) is 18.8. The third-order valence-electron chi connectivity index (χ3n) is 6.59. The number of hydrogen-bond acceptors (Lipinski definition) is 4. The standard InChI is InChI=1S/C23H28N4O/c1-2-4-19(5-3-1)6-9-23-17-26(12-20-8-11-28-16-20)13-21(23)14-27(18-23)15-22-7-10-24-25-22/h1-5,7-8,10-11,16,21H,6,9,12-15,17-18H2,(H,24,25). The van der Waals surface area contributed by atoms with E-state index in [0.717, 1.165) is 25.4 Å². The summed E-state index contributed by atoms with van der Waals surface area (Å²) >= 11 is 0. The summed E-state index contributed by atoms with van der Waals surface area (Å²) in [6, 6.07) is 15.1. The Labute approximate surface area is 166 Å². The van der Waals surface area contributed by atoms with Crippen LogP contribution in [0.3, 0.4) is 0 Å². The molecule has 2 aliphatic rings. The summed E-state index contributed by atoms with van der Waals surface area (Å²) < 4.78 is 5.28. The fourth-order valence-electron chi connectivity index (χ4n) is 5.29. The Bertz CT molecular complexity index is 811. The van der Waals surface area contributed by atoms with Crippen LogP contribution < -0.4 is 0 Å². The normalized spacial score (nSPS) is 25.4. The third kappa shape index (κ3) is 3.64. The van der Waals surface area contributed by atoms with Gasteiger partial charge >= 0.3 is 0 Å². The predicted octanol–water partition coefficient (Wildman–Crippen LogP) is 3.57. The minimum absolute atomic E-state index is 0.375. The molecule has 1 N–H and O–H groups in total. The van der Waals surface area contributed by atoms with E-state index in [9.17, 15) is 0 Å². The van der Waals surface area contributed by atoms with E-state index in [4.69, 9.17) is 4.42 Å². The van der Waals surface area contributed by atoms with E-state index in [1.165, 1.54) is 49.4 Å². The molecule has 5 nitrogen and oxygen atoms in total. The summed E-state index contributed by atoms with van der Waals surface area (Å²) in [5.41, 5.74) is 4.33. The van der Waals surface area contributed by atoms with Gasteiger partial charge in [0.1, 0.15) is 0 Å². The summed E-state index contributed by atoms with van der Waals surface area (Å²) in [6.45, 7) is 6.68. The van der Waals surface area contributed by atoms with Crippen LogP contribution in [-0.4, -0.2) is 46.2 Å². The van der Waals surface area contributed by atoms with Crippen molar-refractivity contribution in [2.24, 2.45) is 11.3 Å². The van der Waals surface area contributed by atoms with Crippen LogP contribution in [0.4, 0.5) is 0 Å². The van der Waals surface area contributed by atoms with Crippen molar-refractivity contribution in [1.82, 2.24) is 20.0 Å². The maximum Gasteiger partial charge on any atom is 0.0947 e. The topological polar surface area (TPSA) is 48.3 Å². The molecule has 2 aliphatic heterocycles. The molecule has 3 aromatic rings. The van der Waals surface area contributed by atoms with Crippen LogP contribution in [0.1, 0.15) is 23.2 Å². The molecule has 0 aliphatic carbocycles. The highest BCUT2D eigenvalue weighted by Gasteiger charge is 2.51. The number of nitrogens with one attached hydrogen (secondary N) is 1. The fourth-order valence-corrected chi connectivity index (χ4v) is 5.29. The summed E-state index contributed by atoms with van der Waals surface area (Å²) in [7, 11) is 0. The largest absolute Gasteiger partial charge is 0.472 e. The molecule has 0 spiro atoms. The lowest BCUT2D eigenvalue weighted by molar-refractivity contribution is 0.194. The molecule has 5 heteroatoms. The quantitative estimate of drug-likeness (QED) is 0.685. The molecule has 0 saturated carbocycles. The van der Waals surface area contributed by atoms with E-state index in [0.29, 0.717) is 5.41 Å². The van der Waals surface area contributed by atoms with Crippen LogP contribution in [0, 0.1) is 11.3 Å². The maximum atomic E-state index is 5.28. The van der Waals surface area contributed by atoms with Gasteiger partial charge in [-0.2, -0.15) is 5.10 Å². The molecule has 2 atom stereocenters. The number of likely N-dealkylation sites (tertiary alicyclic amines) is 2. The van der Waals surface area contributed by atoms with E-state index in [2.05, 4.69) is 62.5 Å². The lowest BCUT2D eigenvalue weighted by Gasteiger charge is -2.30. The van der Waals surface area contributed by atoms with E-state index in [1.807, 2.05) is 12.5 Å². The van der Waals surface area contributed by atoms with E-state index < -0.39 is 0 Å². The molecular weight excluding hydrogens is 348 g/mol. The monoisotopic (exact) mass is 376 g/mol. The van der Waals surface area contributed by atoms with Gasteiger partial charge in [0.15, 0.2) is 0 Å². The van der Waals surface area contributed by atoms with Gasteiger partial charge in [0.05, 0.1) is 12.5 Å². The first-order valence-corrected chi connectivity index (χ1v) is 10.3. The van der Waals surface area contributed by atoms with Gasteiger partial charge in [0, 0.05) is 62.1 Å². The highest BCUT2D eigenvalue weighted by atomic mass is 16.3. The van der Waals surface area contributed by atoms with E-state index in [1.54, 1.807) is 6.26 Å². The lowest BCUT2D eigenvalue weighted by atomic mass is 9.76. The maximum absolute atomic E-state index is 5.28. The molecule has 2 fully saturated rings. The van der Waals surface area contributed by atoms with Crippen molar-refractivity contribution in [3.63, 3.8) is 0 Å². The minimum atomic E-state index is 0.375. The van der Waals surface area contributed by atoms with Crippen molar-refractivity contribution in [1.29, 1.82) is 0 Å². The van der Waals surface area contributed by atoms with Crippen LogP contribution in [-0.2, 0) is 19.5 Å². The number of furan rings is 1. The number of benzene rings is 1. The van der Waals surface area contributed by atoms with Gasteiger partial charge in [-0.15, -0.1) is 0 Å². The van der Waals surface area contributed by atoms with Crippen molar-refractivity contribution >= 4 is 0 Å². The van der Waals surface area contributed by atoms with Crippen LogP contribution in [0.2, 0.25) is 0 Å². The Hall–Kier alpha value is -2.37. The molecular formula is C23H28N4O. The van der Waals surface area contributed by atoms with Gasteiger partial charge < -0.3 is 4.42 Å². The van der Waals surface area contributed by atoms with Crippen molar-refractivity contribution in [3.8, 4) is 0 Å². The first-order chi connectivity index (χ1) is 13.8. The molecule has 0 radical (unpaired) electrons. The summed E-state index contributed by atoms with van der Waals surface area (Å²) in [4.78, 5) is 5.26. The number of rotatable bonds is 7. The van der Waals surface area contributed by atoms with Crippen molar-refractivity contribution in [2.45, 2.75) is 25.9 Å². The van der Waals surface area contributed by atoms with Gasteiger partial charge in [-0.25, -0.2) is 0 Å². The average Bonchev–Trinajstić information content (AvgIpc) is 3.47. The number of H-pyrrole nitrogens is 1. The zero-order valence-corrected chi connectivity index (χ0v) is 16.3. The molecule has 0 bridgehead atoms. The molecule has 1 aromatic carbocycles. The van der Waals surface area contributed by atoms with Crippen LogP contribution in [0.15, 0.2) is 65.6 Å². The third-order valence-corrected chi connectivity index (χ3v) is 6.59. The highest BCUT2D eigenvalue weighted by Crippen LogP contribution is 2.46. The van der Waals surface area contributed by atoms with Gasteiger partial charge in [-0.05, 0) is 36.5 Å². The minimum Gasteiger partial charge on any atom is -0.472 e. The van der Waals surface area contributed by atoms with Gasteiger partial charge in [0.25, 0.3) is 0 Å². The van der Waals surface area contributed by atoms with Crippen molar-refractivity contribution in [3.05, 3.63) is 78.0 Å². The predicted molar refractivity (Wildman–Crippen MR) is 109 cm³/mol. The highest BCUT2D eigenvalue weighted by molar-refractivity contribution is 5.17. The van der Waals surface area contributed by atoms with Crippen molar-refractivity contribution < 1.29 is 4.42 Å². The van der Waals surface area contributed by atoms with Crippen LogP contribution in [0.25, 0.3) is 0 Å². The van der Waals surface area contributed by atoms with Gasteiger partial charge in [0.2, 0.25) is 0 Å². The first kappa shape index (κ1) is 17.7. The molecule has 2 unspecified atom stereocenters. The number of nitrogens with zero attached hydrogens (tertiary/aromatic N) is 3. The SMILES string of the molecule is c1ccc(CCC23CN(Cc4ccoc4)CC2CN(Cc2ccn[nH]2)C3)cc1. The summed E-state index contributed by atoms with van der Waals surface area (Å²) in [5.74, 6) is 0.728. The van der Waals surface area contributed by atoms with Crippen LogP contribution >= 0.6 is 0 Å². The Morgan fingerprint density at radius 3 is 2.54 bits per heavy atom. The lowest BCUT2D eigenvalue weighted by Crippen LogP contribution is -2.34. The van der Waals surface area contributed by atoms with Gasteiger partial charge in [-0.3, -0.25) is 14.9 Å². The molecule has 0 amide bonds. The zero-order valence-electron chi connectivity index (χ0n) is 16.3. The average molecular weight is 377 g/mol. The second-order valence-electron chi connectivity index (χ2n) is 8.60. The fraction of sp³-hybridized carbons (Fsp3) is 0.435. The number of hydrogen-bond donors (Lipinski definition) is 1. The second kappa shape index (κ2) is 7.57. The molecule has 4 heterocycles. The Balaban J connectivity index is 1.30. The first-order valence-electron chi connectivity index (χ1n) is 10.3. The molecule has 2 saturated heterocycles. The summed E-state index contributed by atoms with van der Waals surface area (Å²) in [5, 5.41) is 7.24. The van der Waals surface area contributed by atoms with E-state index in [-0.39, 0.29) is 0 Å². The Morgan fingerprint density at radius 2 is 1.82 bits per heavy atom. The number of aromatic amines is 1. The summed E-state index contributed by atoms with van der Waals surface area (Å²) in [6.07, 6.45) is 7.93. The smallest absolute Gasteiger partial charge is 0.0947 e. The molecule has 28 heavy (non-hydrogen) atoms. The number of fused-ring (bicyclic) bond motifs is 1. The van der Waals surface area contributed by atoms with Crippen molar-refractivity contribution in [2.75, 3.05) is 26.2 Å². The molecule has 146 valence electrons. The molecule has 5 rings (SSSR count). The second-order valence-corrected chi connectivity index (χ2v) is 8.60. The Morgan fingerprint density at radius 1 is 1.00 bits per heavy atom. The number of aryl methyl sites for hydroxylation is 1. The van der Waals surface area contributed by atoms with Crippen LogP contribution in [0.5, 0.6) is 0 Å². The Kier molecular flexibility index (Phi) is 4.79. The van der Waals surface area contributed by atoms with Gasteiger partial charge in [-0.1, -0.05) is 30.3 Å². The van der Waals surface area contributed by atoms with E-state index >= 15 is 0 Å².